The van der Waals surface area contributed by atoms with Gasteiger partial charge in [-0.15, -0.1) is 0 Å². The van der Waals surface area contributed by atoms with E-state index in [0.717, 1.165) is 32.6 Å². The Morgan fingerprint density at radius 1 is 1.41 bits per heavy atom. The van der Waals surface area contributed by atoms with Crippen molar-refractivity contribution in [3.8, 4) is 0 Å². The van der Waals surface area contributed by atoms with Gasteiger partial charge in [0.15, 0.2) is 0 Å². The van der Waals surface area contributed by atoms with E-state index in [2.05, 4.69) is 10.2 Å². The average molecular weight is 243 g/mol. The molecule has 0 bridgehead atoms. The maximum atomic E-state index is 12.1. The summed E-state index contributed by atoms with van der Waals surface area (Å²) in [4.78, 5) is 16.0. The molecular formula is C12H25N3O2. The number of carbonyl (C=O) groups excluding carboxylic acids is 1. The zero-order valence-electron chi connectivity index (χ0n) is 11.0. The first-order valence-corrected chi connectivity index (χ1v) is 6.48. The zero-order valence-corrected chi connectivity index (χ0v) is 11.0. The summed E-state index contributed by atoms with van der Waals surface area (Å²) in [6.45, 7) is 8.80. The Hall–Kier alpha value is -0.650. The number of amides is 1. The Labute approximate surface area is 104 Å². The Kier molecular flexibility index (Phi) is 6.47. The van der Waals surface area contributed by atoms with E-state index >= 15 is 0 Å². The third-order valence-electron chi connectivity index (χ3n) is 3.08. The lowest BCUT2D eigenvalue weighted by Crippen LogP contribution is -2.45. The van der Waals surface area contributed by atoms with Crippen LogP contribution in [0, 0.1) is 0 Å². The van der Waals surface area contributed by atoms with Crippen molar-refractivity contribution in [2.75, 3.05) is 45.9 Å². The molecule has 0 atom stereocenters. The Bertz CT molecular complexity index is 226. The number of hydrogen-bond donors (Lipinski definition) is 2. The molecule has 1 aliphatic rings. The van der Waals surface area contributed by atoms with E-state index in [0.29, 0.717) is 13.1 Å². The molecule has 5 heteroatoms. The van der Waals surface area contributed by atoms with Gasteiger partial charge in [-0.25, -0.2) is 0 Å². The van der Waals surface area contributed by atoms with Crippen molar-refractivity contribution < 1.29 is 9.90 Å². The van der Waals surface area contributed by atoms with Crippen LogP contribution in [-0.2, 0) is 4.79 Å². The Balaban J connectivity index is 2.44. The molecule has 0 aliphatic carbocycles. The minimum Gasteiger partial charge on any atom is -0.395 e. The van der Waals surface area contributed by atoms with Gasteiger partial charge in [0.25, 0.3) is 0 Å². The highest BCUT2D eigenvalue weighted by molar-refractivity contribution is 5.78. The number of carbonyl (C=O) groups is 1. The number of aliphatic hydroxyl groups is 1. The first-order chi connectivity index (χ1) is 8.15. The normalized spacial score (nSPS) is 18.1. The van der Waals surface area contributed by atoms with E-state index in [-0.39, 0.29) is 18.6 Å². The van der Waals surface area contributed by atoms with Gasteiger partial charge in [-0.2, -0.15) is 0 Å². The number of rotatable bonds is 5. The molecule has 1 rings (SSSR count). The molecule has 1 heterocycles. The van der Waals surface area contributed by atoms with E-state index in [9.17, 15) is 4.79 Å². The molecule has 0 saturated carbocycles. The van der Waals surface area contributed by atoms with Crippen LogP contribution in [0.15, 0.2) is 0 Å². The van der Waals surface area contributed by atoms with E-state index in [1.54, 1.807) is 4.90 Å². The zero-order chi connectivity index (χ0) is 12.7. The van der Waals surface area contributed by atoms with Crippen LogP contribution in [0.4, 0.5) is 0 Å². The standard InChI is InChI=1S/C12H25N3O2/c1-11(2)15(8-9-16)12(17)10-14-6-3-4-13-5-7-14/h11,13,16H,3-10H2,1-2H3. The summed E-state index contributed by atoms with van der Waals surface area (Å²) in [5, 5.41) is 12.3. The summed E-state index contributed by atoms with van der Waals surface area (Å²) in [5.41, 5.74) is 0. The molecule has 1 fully saturated rings. The molecule has 0 aromatic rings. The third kappa shape index (κ3) is 5.02. The van der Waals surface area contributed by atoms with Gasteiger partial charge in [0.05, 0.1) is 13.2 Å². The summed E-state index contributed by atoms with van der Waals surface area (Å²) >= 11 is 0. The van der Waals surface area contributed by atoms with Gasteiger partial charge in [-0.3, -0.25) is 9.69 Å². The fraction of sp³-hybridized carbons (Fsp3) is 0.917. The quantitative estimate of drug-likeness (QED) is 0.684. The molecule has 1 aliphatic heterocycles. The average Bonchev–Trinajstić information content (AvgIpc) is 2.53. The largest absolute Gasteiger partial charge is 0.395 e. The monoisotopic (exact) mass is 243 g/mol. The van der Waals surface area contributed by atoms with Gasteiger partial charge >= 0.3 is 0 Å². The molecule has 100 valence electrons. The van der Waals surface area contributed by atoms with Crippen molar-refractivity contribution >= 4 is 5.91 Å². The minimum absolute atomic E-state index is 0.0332. The first-order valence-electron chi connectivity index (χ1n) is 6.48. The molecule has 0 spiro atoms. The van der Waals surface area contributed by atoms with Gasteiger partial charge in [-0.1, -0.05) is 0 Å². The van der Waals surface area contributed by atoms with Crippen LogP contribution in [0.2, 0.25) is 0 Å². The van der Waals surface area contributed by atoms with Crippen molar-refractivity contribution in [2.24, 2.45) is 0 Å². The van der Waals surface area contributed by atoms with E-state index in [1.807, 2.05) is 13.8 Å². The number of hydrogen-bond acceptors (Lipinski definition) is 4. The van der Waals surface area contributed by atoms with Gasteiger partial charge in [-0.05, 0) is 33.4 Å². The van der Waals surface area contributed by atoms with Crippen LogP contribution in [0.1, 0.15) is 20.3 Å². The van der Waals surface area contributed by atoms with Gasteiger partial charge in [0.2, 0.25) is 5.91 Å². The van der Waals surface area contributed by atoms with Crippen molar-refractivity contribution in [2.45, 2.75) is 26.3 Å². The van der Waals surface area contributed by atoms with Crippen LogP contribution < -0.4 is 5.32 Å². The lowest BCUT2D eigenvalue weighted by molar-refractivity contribution is -0.134. The summed E-state index contributed by atoms with van der Waals surface area (Å²) in [6, 6.07) is 0.153. The van der Waals surface area contributed by atoms with Crippen molar-refractivity contribution in [1.29, 1.82) is 0 Å². The van der Waals surface area contributed by atoms with Crippen LogP contribution in [0.5, 0.6) is 0 Å². The topological polar surface area (TPSA) is 55.8 Å². The van der Waals surface area contributed by atoms with Crippen LogP contribution in [0.25, 0.3) is 0 Å². The lowest BCUT2D eigenvalue weighted by Gasteiger charge is -2.29. The SMILES string of the molecule is CC(C)N(CCO)C(=O)CN1CCCNCC1. The van der Waals surface area contributed by atoms with E-state index in [1.165, 1.54) is 0 Å². The minimum atomic E-state index is 0.0332. The second-order valence-corrected chi connectivity index (χ2v) is 4.78. The Morgan fingerprint density at radius 3 is 2.82 bits per heavy atom. The second kappa shape index (κ2) is 7.63. The van der Waals surface area contributed by atoms with Crippen LogP contribution in [0.3, 0.4) is 0 Å². The maximum absolute atomic E-state index is 12.1. The molecule has 0 unspecified atom stereocenters. The van der Waals surface area contributed by atoms with Gasteiger partial charge < -0.3 is 15.3 Å². The van der Waals surface area contributed by atoms with Crippen molar-refractivity contribution in [1.82, 2.24) is 15.1 Å². The Morgan fingerprint density at radius 2 is 2.18 bits per heavy atom. The smallest absolute Gasteiger partial charge is 0.237 e. The second-order valence-electron chi connectivity index (χ2n) is 4.78. The van der Waals surface area contributed by atoms with Crippen molar-refractivity contribution in [3.63, 3.8) is 0 Å². The van der Waals surface area contributed by atoms with Crippen LogP contribution in [-0.4, -0.2) is 72.7 Å². The van der Waals surface area contributed by atoms with Gasteiger partial charge in [0.1, 0.15) is 0 Å². The number of aliphatic hydroxyl groups excluding tert-OH is 1. The molecule has 0 aromatic carbocycles. The highest BCUT2D eigenvalue weighted by Crippen LogP contribution is 2.02. The maximum Gasteiger partial charge on any atom is 0.237 e. The molecule has 1 amide bonds. The van der Waals surface area contributed by atoms with E-state index < -0.39 is 0 Å². The molecule has 5 nitrogen and oxygen atoms in total. The predicted octanol–water partition coefficient (Wildman–Crippen LogP) is -0.489. The third-order valence-corrected chi connectivity index (χ3v) is 3.08. The molecular weight excluding hydrogens is 218 g/mol. The highest BCUT2D eigenvalue weighted by atomic mass is 16.3. The summed E-state index contributed by atoms with van der Waals surface area (Å²) in [5.74, 6) is 0.121. The lowest BCUT2D eigenvalue weighted by atomic mass is 10.3. The molecule has 2 N–H and O–H groups in total. The summed E-state index contributed by atoms with van der Waals surface area (Å²) in [7, 11) is 0. The molecule has 0 aromatic heterocycles. The van der Waals surface area contributed by atoms with Crippen LogP contribution >= 0.6 is 0 Å². The van der Waals surface area contributed by atoms with E-state index in [4.69, 9.17) is 5.11 Å². The summed E-state index contributed by atoms with van der Waals surface area (Å²) < 4.78 is 0. The van der Waals surface area contributed by atoms with Gasteiger partial charge in [0, 0.05) is 25.7 Å². The fourth-order valence-corrected chi connectivity index (χ4v) is 2.12. The molecule has 17 heavy (non-hydrogen) atoms. The summed E-state index contributed by atoms with van der Waals surface area (Å²) in [6.07, 6.45) is 1.09. The molecule has 0 radical (unpaired) electrons. The highest BCUT2D eigenvalue weighted by Gasteiger charge is 2.19. The molecule has 1 saturated heterocycles. The predicted molar refractivity (Wildman–Crippen MR) is 67.9 cm³/mol. The number of nitrogens with one attached hydrogen (secondary N) is 1. The number of nitrogens with zero attached hydrogens (tertiary/aromatic N) is 2. The fourth-order valence-electron chi connectivity index (χ4n) is 2.12. The first kappa shape index (κ1) is 14.4. The van der Waals surface area contributed by atoms with Crippen molar-refractivity contribution in [3.05, 3.63) is 0 Å².